The Morgan fingerprint density at radius 3 is 2.02 bits per heavy atom. The average molecular weight is 763 g/mol. The van der Waals surface area contributed by atoms with Gasteiger partial charge in [-0.1, -0.05) is 17.7 Å². The second-order valence-corrected chi connectivity index (χ2v) is 11.5. The van der Waals surface area contributed by atoms with Crippen LogP contribution in [0.15, 0.2) is 45.4 Å². The zero-order valence-electron chi connectivity index (χ0n) is 20.8. The molecule has 42 heavy (non-hydrogen) atoms. The maximum Gasteiger partial charge on any atom is 0.417 e. The summed E-state index contributed by atoms with van der Waals surface area (Å²) in [4.78, 5) is 25.5. The molecule has 4 nitrogen and oxygen atoms in total. The third-order valence-corrected chi connectivity index (χ3v) is 8.27. The van der Waals surface area contributed by atoms with E-state index in [1.54, 1.807) is 0 Å². The van der Waals surface area contributed by atoms with Gasteiger partial charge in [0.25, 0.3) is 5.91 Å². The Labute approximate surface area is 253 Å². The Bertz CT molecular complexity index is 1400. The topological polar surface area (TPSA) is 49.4 Å². The largest absolute Gasteiger partial charge is 0.417 e. The number of carbonyl (C=O) groups is 2. The quantitative estimate of drug-likeness (QED) is 0.227. The average Bonchev–Trinajstić information content (AvgIpc) is 3.62. The van der Waals surface area contributed by atoms with E-state index in [0.717, 1.165) is 19.2 Å². The van der Waals surface area contributed by atoms with Crippen LogP contribution >= 0.6 is 43.5 Å². The van der Waals surface area contributed by atoms with Crippen LogP contribution in [0.1, 0.15) is 45.8 Å². The molecule has 3 rings (SSSR count). The molecule has 1 saturated carbocycles. The predicted molar refractivity (Wildman–Crippen MR) is 139 cm³/mol. The van der Waals surface area contributed by atoms with Crippen LogP contribution in [0, 0.1) is 0 Å². The smallest absolute Gasteiger partial charge is 0.338 e. The minimum absolute atomic E-state index is 0.0227. The highest BCUT2D eigenvalue weighted by molar-refractivity contribution is 9.11. The Morgan fingerprint density at radius 1 is 1.02 bits per heavy atom. The molecule has 0 bridgehead atoms. The van der Waals surface area contributed by atoms with E-state index < -0.39 is 76.4 Å². The van der Waals surface area contributed by atoms with E-state index in [1.807, 2.05) is 5.32 Å². The van der Waals surface area contributed by atoms with Crippen LogP contribution in [0.3, 0.4) is 0 Å². The van der Waals surface area contributed by atoms with Crippen molar-refractivity contribution in [1.82, 2.24) is 10.2 Å². The molecule has 1 unspecified atom stereocenters. The number of hydrogen-bond donors (Lipinski definition) is 1. The molecule has 0 radical (unpaired) electrons. The van der Waals surface area contributed by atoms with Crippen molar-refractivity contribution in [3.05, 3.63) is 72.6 Å². The van der Waals surface area contributed by atoms with Crippen molar-refractivity contribution in [2.24, 2.45) is 0 Å². The molecule has 0 heterocycles. The fourth-order valence-corrected chi connectivity index (χ4v) is 5.34. The summed E-state index contributed by atoms with van der Waals surface area (Å²) >= 11 is 11.8. The number of rotatable bonds is 7. The monoisotopic (exact) mass is 760 g/mol. The van der Waals surface area contributed by atoms with Gasteiger partial charge in [0.15, 0.2) is 0 Å². The normalized spacial score (nSPS) is 16.2. The first-order valence-corrected chi connectivity index (χ1v) is 13.5. The molecule has 17 heteroatoms. The molecule has 0 spiro atoms. The molecular formula is C25H17Br2ClF10N2O2. The Balaban J connectivity index is 1.97. The summed E-state index contributed by atoms with van der Waals surface area (Å²) in [5.41, 5.74) is -6.17. The Kier molecular flexibility index (Phi) is 9.75. The van der Waals surface area contributed by atoms with Crippen LogP contribution in [-0.4, -0.2) is 48.2 Å². The fraction of sp³-hybridized carbons (Fsp3) is 0.360. The summed E-state index contributed by atoms with van der Waals surface area (Å²) in [5.74, 6) is -6.98. The SMILES string of the molecule is CN(CC(F)(F)F)C(=O)C1(NC(=O)c2ccc(/C(F)=C/C(c3cc(Br)c(Cl)c(Br)c3)C(F)(F)F)cc2C(F)(F)F)CC1. The standard InChI is InChI=1S/C25H17Br2ClF10N2O2/c1-40(10-23(30,31)32)21(42)22(4-5-22)39-20(41)13-3-2-11(6-15(13)25(36,37)38)18(29)9-14(24(33,34)35)12-7-16(26)19(28)17(27)8-12/h2-3,6-9,14H,4-5,10H2,1H3,(H,39,41)/b18-9-. The number of hydrogen-bond acceptors (Lipinski definition) is 2. The van der Waals surface area contributed by atoms with Gasteiger partial charge in [-0.2, -0.15) is 39.5 Å². The lowest BCUT2D eigenvalue weighted by Gasteiger charge is -2.25. The van der Waals surface area contributed by atoms with Gasteiger partial charge in [-0.3, -0.25) is 9.59 Å². The summed E-state index contributed by atoms with van der Waals surface area (Å²) in [6.07, 6.45) is -15.4. The van der Waals surface area contributed by atoms with Crippen LogP contribution in [-0.2, 0) is 11.0 Å². The van der Waals surface area contributed by atoms with Gasteiger partial charge < -0.3 is 10.2 Å². The molecular weight excluding hydrogens is 746 g/mol. The predicted octanol–water partition coefficient (Wildman–Crippen LogP) is 8.82. The Hall–Kier alpha value is -2.33. The molecule has 0 aliphatic heterocycles. The minimum atomic E-state index is -5.31. The van der Waals surface area contributed by atoms with Crippen molar-refractivity contribution in [2.45, 2.75) is 42.8 Å². The second kappa shape index (κ2) is 12.0. The summed E-state index contributed by atoms with van der Waals surface area (Å²) in [6.45, 7) is -1.67. The van der Waals surface area contributed by atoms with E-state index in [0.29, 0.717) is 12.1 Å². The summed E-state index contributed by atoms with van der Waals surface area (Å²) in [7, 11) is 0.808. The van der Waals surface area contributed by atoms with E-state index in [2.05, 4.69) is 31.9 Å². The van der Waals surface area contributed by atoms with E-state index >= 15 is 4.39 Å². The first kappa shape index (κ1) is 34.2. The molecule has 1 aliphatic carbocycles. The van der Waals surface area contributed by atoms with Crippen molar-refractivity contribution in [2.75, 3.05) is 13.6 Å². The lowest BCUT2D eigenvalue weighted by Crippen LogP contribution is -2.51. The first-order valence-electron chi connectivity index (χ1n) is 11.5. The number of nitrogens with zero attached hydrogens (tertiary/aromatic N) is 1. The zero-order chi connectivity index (χ0) is 32.0. The number of likely N-dealkylation sites (N-methyl/N-ethyl adjacent to an activating group) is 1. The van der Waals surface area contributed by atoms with Crippen LogP contribution in [0.5, 0.6) is 0 Å². The van der Waals surface area contributed by atoms with Crippen molar-refractivity contribution in [3.63, 3.8) is 0 Å². The molecule has 1 N–H and O–H groups in total. The highest BCUT2D eigenvalue weighted by atomic mass is 79.9. The summed E-state index contributed by atoms with van der Waals surface area (Å²) in [5, 5.41) is 2.05. The van der Waals surface area contributed by atoms with E-state index in [1.165, 1.54) is 0 Å². The number of allylic oxidation sites excluding steroid dienone is 1. The second-order valence-electron chi connectivity index (χ2n) is 9.40. The molecule has 2 amide bonds. The maximum atomic E-state index is 15.1. The van der Waals surface area contributed by atoms with Gasteiger partial charge in [0.1, 0.15) is 23.8 Å². The number of alkyl halides is 9. The molecule has 2 aromatic rings. The molecule has 0 aromatic heterocycles. The summed E-state index contributed by atoms with van der Waals surface area (Å²) < 4.78 is 136. The van der Waals surface area contributed by atoms with Gasteiger partial charge in [-0.15, -0.1) is 0 Å². The number of benzene rings is 2. The van der Waals surface area contributed by atoms with Gasteiger partial charge in [0.2, 0.25) is 5.91 Å². The van der Waals surface area contributed by atoms with Crippen molar-refractivity contribution in [3.8, 4) is 0 Å². The number of amides is 2. The van der Waals surface area contributed by atoms with E-state index in [-0.39, 0.29) is 43.9 Å². The molecule has 230 valence electrons. The van der Waals surface area contributed by atoms with Crippen LogP contribution in [0.4, 0.5) is 43.9 Å². The van der Waals surface area contributed by atoms with Crippen LogP contribution in [0.2, 0.25) is 5.02 Å². The van der Waals surface area contributed by atoms with Crippen molar-refractivity contribution < 1.29 is 53.5 Å². The lowest BCUT2D eigenvalue weighted by molar-refractivity contribution is -0.160. The van der Waals surface area contributed by atoms with Gasteiger partial charge in [-0.05, 0) is 80.6 Å². The number of carbonyl (C=O) groups excluding carboxylic acids is 2. The third kappa shape index (κ3) is 7.98. The summed E-state index contributed by atoms with van der Waals surface area (Å²) in [6, 6.07) is 3.18. The van der Waals surface area contributed by atoms with Crippen LogP contribution < -0.4 is 5.32 Å². The molecule has 1 fully saturated rings. The highest BCUT2D eigenvalue weighted by Gasteiger charge is 2.54. The van der Waals surface area contributed by atoms with E-state index in [9.17, 15) is 49.1 Å². The molecule has 2 aromatic carbocycles. The van der Waals surface area contributed by atoms with Gasteiger partial charge in [0, 0.05) is 21.6 Å². The highest BCUT2D eigenvalue weighted by Crippen LogP contribution is 2.43. The van der Waals surface area contributed by atoms with Crippen molar-refractivity contribution >= 4 is 61.1 Å². The lowest BCUT2D eigenvalue weighted by atomic mass is 9.95. The molecule has 1 aliphatic rings. The third-order valence-electron chi connectivity index (χ3n) is 6.15. The number of halogens is 13. The number of nitrogens with one attached hydrogen (secondary N) is 1. The van der Waals surface area contributed by atoms with E-state index in [4.69, 9.17) is 11.6 Å². The molecule has 1 atom stereocenters. The minimum Gasteiger partial charge on any atom is -0.338 e. The van der Waals surface area contributed by atoms with Gasteiger partial charge >= 0.3 is 18.5 Å². The Morgan fingerprint density at radius 2 is 1.57 bits per heavy atom. The zero-order valence-corrected chi connectivity index (χ0v) is 24.8. The first-order chi connectivity index (χ1) is 19.1. The van der Waals surface area contributed by atoms with Crippen LogP contribution in [0.25, 0.3) is 5.83 Å². The fourth-order valence-electron chi connectivity index (χ4n) is 4.01. The van der Waals surface area contributed by atoms with Crippen molar-refractivity contribution in [1.29, 1.82) is 0 Å². The molecule has 0 saturated heterocycles. The maximum absolute atomic E-state index is 15.1. The van der Waals surface area contributed by atoms with Gasteiger partial charge in [0.05, 0.1) is 16.1 Å². The van der Waals surface area contributed by atoms with Gasteiger partial charge in [-0.25, -0.2) is 4.39 Å².